The molecule has 0 bridgehead atoms. The van der Waals surface area contributed by atoms with E-state index in [2.05, 4.69) is 0 Å². The second-order valence-electron chi connectivity index (χ2n) is 1.99. The monoisotopic (exact) mass is 164 g/mol. The maximum absolute atomic E-state index is 5.53. The molecule has 0 rings (SSSR count). The largest absolute Gasteiger partial charge is 0.352 e. The Kier molecular flexibility index (Phi) is 5.69. The third-order valence-corrected chi connectivity index (χ3v) is 1.52. The second kappa shape index (κ2) is 5.71. The van der Waals surface area contributed by atoms with Gasteiger partial charge in [-0.05, 0) is 13.0 Å². The Balaban J connectivity index is 3.80. The standard InChI is InChI=1S/C7H13ClO2/c1-6(5-8)4-7(9-2)10-3/h4,7H,5H2,1-3H3/b6-4-. The van der Waals surface area contributed by atoms with Crippen molar-refractivity contribution in [3.63, 3.8) is 0 Å². The Morgan fingerprint density at radius 3 is 2.30 bits per heavy atom. The van der Waals surface area contributed by atoms with Crippen molar-refractivity contribution in [2.45, 2.75) is 13.2 Å². The number of halogens is 1. The third kappa shape index (κ3) is 3.88. The number of methoxy groups -OCH3 is 2. The van der Waals surface area contributed by atoms with E-state index in [1.807, 2.05) is 13.0 Å². The van der Waals surface area contributed by atoms with E-state index in [9.17, 15) is 0 Å². The summed E-state index contributed by atoms with van der Waals surface area (Å²) in [6.07, 6.45) is 1.58. The van der Waals surface area contributed by atoms with Crippen molar-refractivity contribution in [1.82, 2.24) is 0 Å². The van der Waals surface area contributed by atoms with Crippen LogP contribution < -0.4 is 0 Å². The molecule has 0 aliphatic heterocycles. The minimum Gasteiger partial charge on any atom is -0.352 e. The molecule has 0 amide bonds. The fourth-order valence-corrected chi connectivity index (χ4v) is 0.598. The molecule has 0 aromatic heterocycles. The maximum atomic E-state index is 5.53. The normalized spacial score (nSPS) is 12.7. The molecule has 10 heavy (non-hydrogen) atoms. The lowest BCUT2D eigenvalue weighted by molar-refractivity contribution is -0.0670. The van der Waals surface area contributed by atoms with Gasteiger partial charge in [-0.3, -0.25) is 0 Å². The fourth-order valence-electron chi connectivity index (χ4n) is 0.509. The van der Waals surface area contributed by atoms with Crippen LogP contribution >= 0.6 is 11.6 Å². The molecule has 60 valence electrons. The zero-order chi connectivity index (χ0) is 7.98. The Labute approximate surface area is 66.8 Å². The van der Waals surface area contributed by atoms with Gasteiger partial charge >= 0.3 is 0 Å². The summed E-state index contributed by atoms with van der Waals surface area (Å²) in [6.45, 7) is 1.93. The molecule has 0 radical (unpaired) electrons. The lowest BCUT2D eigenvalue weighted by Crippen LogP contribution is -2.09. The highest BCUT2D eigenvalue weighted by Crippen LogP contribution is 2.01. The van der Waals surface area contributed by atoms with Gasteiger partial charge in [0, 0.05) is 20.1 Å². The maximum Gasteiger partial charge on any atom is 0.176 e. The van der Waals surface area contributed by atoms with Crippen LogP contribution in [-0.4, -0.2) is 26.4 Å². The molecule has 0 atom stereocenters. The van der Waals surface area contributed by atoms with Crippen molar-refractivity contribution < 1.29 is 9.47 Å². The van der Waals surface area contributed by atoms with Crippen LogP contribution in [0, 0.1) is 0 Å². The van der Waals surface area contributed by atoms with Crippen LogP contribution in [0.5, 0.6) is 0 Å². The Morgan fingerprint density at radius 1 is 1.50 bits per heavy atom. The first kappa shape index (κ1) is 9.95. The Bertz CT molecular complexity index is 108. The summed E-state index contributed by atoms with van der Waals surface area (Å²) in [7, 11) is 3.18. The van der Waals surface area contributed by atoms with Gasteiger partial charge < -0.3 is 9.47 Å². The lowest BCUT2D eigenvalue weighted by atomic mass is 10.3. The number of alkyl halides is 1. The molecule has 0 aliphatic rings. The van der Waals surface area contributed by atoms with E-state index in [4.69, 9.17) is 21.1 Å². The van der Waals surface area contributed by atoms with Crippen molar-refractivity contribution >= 4 is 11.6 Å². The van der Waals surface area contributed by atoms with Crippen molar-refractivity contribution in [3.05, 3.63) is 11.6 Å². The molecular weight excluding hydrogens is 152 g/mol. The summed E-state index contributed by atoms with van der Waals surface area (Å²) in [6, 6.07) is 0. The number of ether oxygens (including phenoxy) is 2. The van der Waals surface area contributed by atoms with Gasteiger partial charge in [-0.1, -0.05) is 5.57 Å². The van der Waals surface area contributed by atoms with E-state index < -0.39 is 0 Å². The SMILES string of the molecule is COC(/C=C(/C)CCl)OC. The number of hydrogen-bond acceptors (Lipinski definition) is 2. The van der Waals surface area contributed by atoms with Gasteiger partial charge in [0.15, 0.2) is 6.29 Å². The lowest BCUT2D eigenvalue weighted by Gasteiger charge is -2.08. The first-order valence-electron chi connectivity index (χ1n) is 3.03. The van der Waals surface area contributed by atoms with E-state index in [1.54, 1.807) is 14.2 Å². The van der Waals surface area contributed by atoms with Crippen LogP contribution in [-0.2, 0) is 9.47 Å². The zero-order valence-electron chi connectivity index (χ0n) is 6.56. The molecule has 0 unspecified atom stereocenters. The Hall–Kier alpha value is -0.0500. The smallest absolute Gasteiger partial charge is 0.176 e. The molecule has 0 saturated heterocycles. The summed E-state index contributed by atoms with van der Waals surface area (Å²) < 4.78 is 9.83. The molecule has 3 heteroatoms. The summed E-state index contributed by atoms with van der Waals surface area (Å²) in [5.74, 6) is 0.517. The summed E-state index contributed by atoms with van der Waals surface area (Å²) in [4.78, 5) is 0. The number of allylic oxidation sites excluding steroid dienone is 1. The van der Waals surface area contributed by atoms with Crippen LogP contribution in [0.3, 0.4) is 0 Å². The number of rotatable bonds is 4. The zero-order valence-corrected chi connectivity index (χ0v) is 7.31. The van der Waals surface area contributed by atoms with Gasteiger partial charge in [-0.2, -0.15) is 0 Å². The fraction of sp³-hybridized carbons (Fsp3) is 0.714. The van der Waals surface area contributed by atoms with Crippen LogP contribution in [0.4, 0.5) is 0 Å². The van der Waals surface area contributed by atoms with Crippen molar-refractivity contribution in [2.24, 2.45) is 0 Å². The minimum atomic E-state index is -0.265. The highest BCUT2D eigenvalue weighted by Gasteiger charge is 1.98. The van der Waals surface area contributed by atoms with Gasteiger partial charge in [-0.25, -0.2) is 0 Å². The van der Waals surface area contributed by atoms with E-state index in [0.29, 0.717) is 5.88 Å². The van der Waals surface area contributed by atoms with Crippen LogP contribution in [0.1, 0.15) is 6.92 Å². The average molecular weight is 165 g/mol. The van der Waals surface area contributed by atoms with Gasteiger partial charge in [-0.15, -0.1) is 11.6 Å². The van der Waals surface area contributed by atoms with E-state index >= 15 is 0 Å². The molecule has 0 N–H and O–H groups in total. The van der Waals surface area contributed by atoms with Gasteiger partial charge in [0.05, 0.1) is 0 Å². The first-order chi connectivity index (χ1) is 4.74. The summed E-state index contributed by atoms with van der Waals surface area (Å²) in [5.41, 5.74) is 1.05. The molecule has 0 heterocycles. The summed E-state index contributed by atoms with van der Waals surface area (Å²) in [5, 5.41) is 0. The summed E-state index contributed by atoms with van der Waals surface area (Å²) >= 11 is 5.53. The van der Waals surface area contributed by atoms with Crippen molar-refractivity contribution in [2.75, 3.05) is 20.1 Å². The molecule has 0 fully saturated rings. The molecule has 0 saturated carbocycles. The minimum absolute atomic E-state index is 0.265. The predicted molar refractivity (Wildman–Crippen MR) is 42.3 cm³/mol. The van der Waals surface area contributed by atoms with E-state index in [0.717, 1.165) is 5.57 Å². The molecule has 0 aromatic carbocycles. The third-order valence-electron chi connectivity index (χ3n) is 1.10. The molecule has 0 spiro atoms. The van der Waals surface area contributed by atoms with Crippen LogP contribution in [0.25, 0.3) is 0 Å². The van der Waals surface area contributed by atoms with Crippen LogP contribution in [0.2, 0.25) is 0 Å². The first-order valence-corrected chi connectivity index (χ1v) is 3.57. The molecule has 0 aliphatic carbocycles. The second-order valence-corrected chi connectivity index (χ2v) is 2.25. The predicted octanol–water partition coefficient (Wildman–Crippen LogP) is 1.79. The van der Waals surface area contributed by atoms with E-state index in [1.165, 1.54) is 0 Å². The quantitative estimate of drug-likeness (QED) is 0.358. The molecule has 2 nitrogen and oxygen atoms in total. The van der Waals surface area contributed by atoms with Crippen molar-refractivity contribution in [3.8, 4) is 0 Å². The highest BCUT2D eigenvalue weighted by molar-refractivity contribution is 6.19. The molecule has 0 aromatic rings. The topological polar surface area (TPSA) is 18.5 Å². The number of hydrogen-bond donors (Lipinski definition) is 0. The molecular formula is C7H13ClO2. The van der Waals surface area contributed by atoms with Gasteiger partial charge in [0.1, 0.15) is 0 Å². The van der Waals surface area contributed by atoms with Gasteiger partial charge in [0.25, 0.3) is 0 Å². The average Bonchev–Trinajstić information content (AvgIpc) is 1.99. The van der Waals surface area contributed by atoms with E-state index in [-0.39, 0.29) is 6.29 Å². The van der Waals surface area contributed by atoms with Crippen molar-refractivity contribution in [1.29, 1.82) is 0 Å². The van der Waals surface area contributed by atoms with Gasteiger partial charge in [0.2, 0.25) is 0 Å². The Morgan fingerprint density at radius 2 is 2.00 bits per heavy atom. The van der Waals surface area contributed by atoms with Crippen LogP contribution in [0.15, 0.2) is 11.6 Å². The highest BCUT2D eigenvalue weighted by atomic mass is 35.5.